The maximum atomic E-state index is 13.1. The van der Waals surface area contributed by atoms with Crippen LogP contribution in [0.3, 0.4) is 0 Å². The Labute approximate surface area is 117 Å². The second-order valence-corrected chi connectivity index (χ2v) is 3.76. The summed E-state index contributed by atoms with van der Waals surface area (Å²) in [5.41, 5.74) is 5.68. The summed E-state index contributed by atoms with van der Waals surface area (Å²) in [6.07, 6.45) is 0. The van der Waals surface area contributed by atoms with Crippen LogP contribution in [0.25, 0.3) is 0 Å². The quantitative estimate of drug-likeness (QED) is 0.780. The predicted molar refractivity (Wildman–Crippen MR) is 73.3 cm³/mol. The third kappa shape index (κ3) is 5.87. The van der Waals surface area contributed by atoms with Crippen LogP contribution < -0.4 is 15.8 Å². The smallest absolute Gasteiger partial charge is 0.241 e. The van der Waals surface area contributed by atoms with Crippen molar-refractivity contribution in [2.24, 2.45) is 5.73 Å². The third-order valence-corrected chi connectivity index (χ3v) is 2.16. The summed E-state index contributed by atoms with van der Waals surface area (Å²) >= 11 is 0. The Hall–Kier alpha value is -1.37. The number of rotatable bonds is 6. The molecule has 0 aliphatic carbocycles. The highest BCUT2D eigenvalue weighted by Crippen LogP contribution is 2.25. The van der Waals surface area contributed by atoms with Gasteiger partial charge in [-0.3, -0.25) is 4.79 Å². The second kappa shape index (κ2) is 8.68. The highest BCUT2D eigenvalue weighted by molar-refractivity contribution is 5.95. The highest BCUT2D eigenvalue weighted by Gasteiger charge is 2.12. The highest BCUT2D eigenvalue weighted by atomic mass is 35.5. The van der Waals surface area contributed by atoms with E-state index >= 15 is 0 Å². The van der Waals surface area contributed by atoms with Gasteiger partial charge in [-0.2, -0.15) is 0 Å². The van der Waals surface area contributed by atoms with E-state index in [9.17, 15) is 9.18 Å². The molecule has 1 rings (SSSR count). The van der Waals surface area contributed by atoms with Crippen molar-refractivity contribution in [2.75, 3.05) is 25.6 Å². The number of amides is 1. The van der Waals surface area contributed by atoms with Crippen LogP contribution in [0.5, 0.6) is 5.75 Å². The van der Waals surface area contributed by atoms with E-state index in [0.717, 1.165) is 0 Å². The molecule has 1 amide bonds. The average molecular weight is 293 g/mol. The van der Waals surface area contributed by atoms with Gasteiger partial charge in [0, 0.05) is 13.2 Å². The molecule has 1 atom stereocenters. The molecule has 0 aliphatic rings. The van der Waals surface area contributed by atoms with E-state index in [1.54, 1.807) is 14.0 Å². The van der Waals surface area contributed by atoms with Crippen LogP contribution in [0.1, 0.15) is 6.92 Å². The normalized spacial score (nSPS) is 11.4. The molecular weight excluding hydrogens is 275 g/mol. The second-order valence-electron chi connectivity index (χ2n) is 3.76. The molecule has 0 aromatic heterocycles. The number of methoxy groups -OCH3 is 1. The lowest BCUT2D eigenvalue weighted by atomic mass is 10.2. The van der Waals surface area contributed by atoms with Crippen LogP contribution in [0, 0.1) is 5.82 Å². The number of hydrogen-bond donors (Lipinski definition) is 2. The van der Waals surface area contributed by atoms with Crippen molar-refractivity contribution < 1.29 is 18.7 Å². The maximum absolute atomic E-state index is 13.1. The molecule has 5 nitrogen and oxygen atoms in total. The zero-order valence-electron chi connectivity index (χ0n) is 10.8. The van der Waals surface area contributed by atoms with E-state index in [1.165, 1.54) is 18.2 Å². The van der Waals surface area contributed by atoms with Crippen LogP contribution >= 0.6 is 12.4 Å². The molecule has 0 saturated carbocycles. The van der Waals surface area contributed by atoms with Crippen LogP contribution in [0.15, 0.2) is 18.2 Å². The Morgan fingerprint density at radius 2 is 2.16 bits per heavy atom. The summed E-state index contributed by atoms with van der Waals surface area (Å²) in [7, 11) is 1.55. The molecule has 1 aromatic rings. The van der Waals surface area contributed by atoms with Crippen LogP contribution in [-0.2, 0) is 9.53 Å². The molecule has 0 spiro atoms. The Morgan fingerprint density at radius 3 is 2.74 bits per heavy atom. The number of benzene rings is 1. The van der Waals surface area contributed by atoms with E-state index in [4.69, 9.17) is 15.2 Å². The van der Waals surface area contributed by atoms with Crippen molar-refractivity contribution in [1.82, 2.24) is 0 Å². The molecule has 108 valence electrons. The van der Waals surface area contributed by atoms with Gasteiger partial charge in [-0.05, 0) is 19.1 Å². The van der Waals surface area contributed by atoms with Gasteiger partial charge < -0.3 is 20.5 Å². The Kier molecular flexibility index (Phi) is 8.06. The SMILES string of the molecule is COCCOc1ccc(F)cc1NC(=O)[C@H](C)N.Cl. The largest absolute Gasteiger partial charge is 0.489 e. The third-order valence-electron chi connectivity index (χ3n) is 2.16. The number of ether oxygens (including phenoxy) is 2. The number of halogens is 2. The minimum atomic E-state index is -0.680. The van der Waals surface area contributed by atoms with Gasteiger partial charge in [0.15, 0.2) is 0 Å². The summed E-state index contributed by atoms with van der Waals surface area (Å²) in [4.78, 5) is 11.5. The van der Waals surface area contributed by atoms with Crippen molar-refractivity contribution in [1.29, 1.82) is 0 Å². The minimum Gasteiger partial charge on any atom is -0.489 e. The number of hydrogen-bond acceptors (Lipinski definition) is 4. The maximum Gasteiger partial charge on any atom is 0.241 e. The van der Waals surface area contributed by atoms with Gasteiger partial charge in [0.1, 0.15) is 18.2 Å². The lowest BCUT2D eigenvalue weighted by Gasteiger charge is -2.13. The fraction of sp³-hybridized carbons (Fsp3) is 0.417. The van der Waals surface area contributed by atoms with Crippen molar-refractivity contribution >= 4 is 24.0 Å². The lowest BCUT2D eigenvalue weighted by Crippen LogP contribution is -2.32. The summed E-state index contributed by atoms with van der Waals surface area (Å²) in [6, 6.07) is 3.20. The average Bonchev–Trinajstić information content (AvgIpc) is 2.32. The number of carbonyl (C=O) groups excluding carboxylic acids is 1. The Morgan fingerprint density at radius 1 is 1.47 bits per heavy atom. The van der Waals surface area contributed by atoms with Crippen LogP contribution in [0.4, 0.5) is 10.1 Å². The first kappa shape index (κ1) is 17.6. The fourth-order valence-corrected chi connectivity index (χ4v) is 1.21. The first-order valence-electron chi connectivity index (χ1n) is 5.52. The predicted octanol–water partition coefficient (Wildman–Crippen LogP) is 1.56. The van der Waals surface area contributed by atoms with E-state index in [1.807, 2.05) is 0 Å². The molecule has 0 radical (unpaired) electrons. The van der Waals surface area contributed by atoms with E-state index in [0.29, 0.717) is 19.0 Å². The molecule has 19 heavy (non-hydrogen) atoms. The van der Waals surface area contributed by atoms with Gasteiger partial charge in [-0.1, -0.05) is 0 Å². The molecule has 0 heterocycles. The van der Waals surface area contributed by atoms with Crippen molar-refractivity contribution in [3.05, 3.63) is 24.0 Å². The molecule has 7 heteroatoms. The molecule has 0 saturated heterocycles. The van der Waals surface area contributed by atoms with Gasteiger partial charge in [0.05, 0.1) is 18.3 Å². The first-order chi connectivity index (χ1) is 8.54. The first-order valence-corrected chi connectivity index (χ1v) is 5.52. The summed E-state index contributed by atoms with van der Waals surface area (Å²) < 4.78 is 23.3. The van der Waals surface area contributed by atoms with E-state index in [2.05, 4.69) is 5.32 Å². The molecule has 1 aromatic carbocycles. The summed E-state index contributed by atoms with van der Waals surface area (Å²) in [5, 5.41) is 2.51. The monoisotopic (exact) mass is 292 g/mol. The van der Waals surface area contributed by atoms with Gasteiger partial charge in [0.2, 0.25) is 5.91 Å². The van der Waals surface area contributed by atoms with Crippen molar-refractivity contribution in [2.45, 2.75) is 13.0 Å². The lowest BCUT2D eigenvalue weighted by molar-refractivity contribution is -0.117. The zero-order valence-corrected chi connectivity index (χ0v) is 11.6. The summed E-state index contributed by atoms with van der Waals surface area (Å²) in [5.74, 6) is -0.492. The van der Waals surface area contributed by atoms with Gasteiger partial charge in [-0.15, -0.1) is 12.4 Å². The summed E-state index contributed by atoms with van der Waals surface area (Å²) in [6.45, 7) is 2.25. The van der Waals surface area contributed by atoms with Crippen LogP contribution in [-0.4, -0.2) is 32.3 Å². The zero-order chi connectivity index (χ0) is 13.5. The number of anilines is 1. The molecule has 3 N–H and O–H groups in total. The number of nitrogens with one attached hydrogen (secondary N) is 1. The molecule has 0 aliphatic heterocycles. The van der Waals surface area contributed by atoms with Gasteiger partial charge >= 0.3 is 0 Å². The van der Waals surface area contributed by atoms with Gasteiger partial charge in [-0.25, -0.2) is 4.39 Å². The number of carbonyl (C=O) groups is 1. The Bertz CT molecular complexity index is 416. The molecule has 0 fully saturated rings. The van der Waals surface area contributed by atoms with Crippen molar-refractivity contribution in [3.8, 4) is 5.75 Å². The molecule has 0 unspecified atom stereocenters. The van der Waals surface area contributed by atoms with Crippen molar-refractivity contribution in [3.63, 3.8) is 0 Å². The van der Waals surface area contributed by atoms with E-state index < -0.39 is 17.8 Å². The standard InChI is InChI=1S/C12H17FN2O3.ClH/c1-8(14)12(16)15-10-7-9(13)3-4-11(10)18-6-5-17-2;/h3-4,7-8H,5-6,14H2,1-2H3,(H,15,16);1H/t8-;/m0./s1. The van der Waals surface area contributed by atoms with E-state index in [-0.39, 0.29) is 18.1 Å². The Balaban J connectivity index is 0.00000324. The minimum absolute atomic E-state index is 0. The van der Waals surface area contributed by atoms with Gasteiger partial charge in [0.25, 0.3) is 0 Å². The topological polar surface area (TPSA) is 73.6 Å². The fourth-order valence-electron chi connectivity index (χ4n) is 1.21. The molecular formula is C12H18ClFN2O3. The molecule has 0 bridgehead atoms. The number of nitrogens with two attached hydrogens (primary N) is 1. The van der Waals surface area contributed by atoms with Crippen LogP contribution in [0.2, 0.25) is 0 Å².